The molecule has 0 aromatic rings. The molecule has 0 bridgehead atoms. The second kappa shape index (κ2) is 7.83. The molecule has 4 fully saturated rings. The molecule has 4 saturated carbocycles. The minimum Gasteiger partial charge on any atom is -0.446 e. The summed E-state index contributed by atoms with van der Waals surface area (Å²) in [7, 11) is 0. The number of hydrogen-bond acceptors (Lipinski definition) is 4. The Kier molecular flexibility index (Phi) is 5.68. The van der Waals surface area contributed by atoms with E-state index in [2.05, 4.69) is 25.7 Å². The third-order valence-electron chi connectivity index (χ3n) is 10.1. The third kappa shape index (κ3) is 3.13. The molecule has 4 nitrogen and oxygen atoms in total. The summed E-state index contributed by atoms with van der Waals surface area (Å²) >= 11 is 0. The Morgan fingerprint density at radius 1 is 0.906 bits per heavy atom. The summed E-state index contributed by atoms with van der Waals surface area (Å²) in [5.74, 6) is 7.45. The van der Waals surface area contributed by atoms with Gasteiger partial charge in [-0.3, -0.25) is 9.59 Å². The molecular formula is C28H38O4. The molecule has 0 N–H and O–H groups in total. The van der Waals surface area contributed by atoms with Gasteiger partial charge in [-0.25, -0.2) is 0 Å². The topological polar surface area (TPSA) is 52.6 Å². The quantitative estimate of drug-likeness (QED) is 0.442. The maximum absolute atomic E-state index is 12.3. The number of carbonyl (C=O) groups is 2. The lowest BCUT2D eigenvalue weighted by Crippen LogP contribution is -2.55. The van der Waals surface area contributed by atoms with Crippen LogP contribution in [0, 0.1) is 59.2 Å². The summed E-state index contributed by atoms with van der Waals surface area (Å²) in [4.78, 5) is 24.4. The molecule has 4 heteroatoms. The van der Waals surface area contributed by atoms with E-state index in [1.54, 1.807) is 0 Å². The first kappa shape index (κ1) is 23.2. The molecule has 4 aliphatic carbocycles. The van der Waals surface area contributed by atoms with Gasteiger partial charge in [0.15, 0.2) is 11.2 Å². The number of ether oxygens (including phenoxy) is 2. The highest BCUT2D eigenvalue weighted by Crippen LogP contribution is 2.70. The minimum absolute atomic E-state index is 0.0616. The van der Waals surface area contributed by atoms with Crippen LogP contribution in [0.15, 0.2) is 0 Å². The fourth-order valence-corrected chi connectivity index (χ4v) is 8.44. The zero-order valence-electron chi connectivity index (χ0n) is 20.2. The van der Waals surface area contributed by atoms with Crippen molar-refractivity contribution in [2.75, 3.05) is 0 Å². The van der Waals surface area contributed by atoms with Crippen molar-refractivity contribution in [3.05, 3.63) is 0 Å². The highest BCUT2D eigenvalue weighted by atomic mass is 16.6. The number of carbonyl (C=O) groups excluding carboxylic acids is 2. The van der Waals surface area contributed by atoms with Crippen LogP contribution in [-0.2, 0) is 19.1 Å². The van der Waals surface area contributed by atoms with Gasteiger partial charge in [0.2, 0.25) is 0 Å². The van der Waals surface area contributed by atoms with E-state index < -0.39 is 11.2 Å². The highest BCUT2D eigenvalue weighted by Gasteiger charge is 2.68. The first-order valence-electron chi connectivity index (χ1n) is 12.5. The van der Waals surface area contributed by atoms with Gasteiger partial charge in [0.25, 0.3) is 0 Å². The molecule has 0 saturated heterocycles. The molecule has 0 aromatic carbocycles. The average molecular weight is 439 g/mol. The summed E-state index contributed by atoms with van der Waals surface area (Å²) in [6, 6.07) is 0. The fourth-order valence-electron chi connectivity index (χ4n) is 8.44. The normalized spacial score (nSPS) is 46.7. The Labute approximate surface area is 193 Å². The van der Waals surface area contributed by atoms with Crippen molar-refractivity contribution in [1.29, 1.82) is 0 Å². The first-order valence-corrected chi connectivity index (χ1v) is 12.5. The van der Waals surface area contributed by atoms with Crippen molar-refractivity contribution in [2.24, 2.45) is 34.5 Å². The molecule has 0 aromatic heterocycles. The molecule has 0 amide bonds. The molecule has 174 valence electrons. The van der Waals surface area contributed by atoms with Gasteiger partial charge in [-0.15, -0.1) is 12.8 Å². The van der Waals surface area contributed by atoms with Crippen molar-refractivity contribution in [3.8, 4) is 24.7 Å². The second-order valence-corrected chi connectivity index (χ2v) is 11.3. The number of esters is 2. The lowest BCUT2D eigenvalue weighted by molar-refractivity contribution is -0.174. The summed E-state index contributed by atoms with van der Waals surface area (Å²) in [5.41, 5.74) is -1.68. The Bertz CT molecular complexity index is 879. The van der Waals surface area contributed by atoms with E-state index >= 15 is 0 Å². The van der Waals surface area contributed by atoms with Crippen LogP contribution in [0.1, 0.15) is 91.9 Å². The Morgan fingerprint density at radius 3 is 2.19 bits per heavy atom. The van der Waals surface area contributed by atoms with E-state index in [1.165, 1.54) is 0 Å². The molecule has 0 heterocycles. The zero-order chi connectivity index (χ0) is 23.4. The Hall–Kier alpha value is -1.94. The van der Waals surface area contributed by atoms with Crippen molar-refractivity contribution < 1.29 is 19.1 Å². The van der Waals surface area contributed by atoms with Crippen molar-refractivity contribution in [2.45, 2.75) is 103 Å². The van der Waals surface area contributed by atoms with E-state index in [0.717, 1.165) is 51.4 Å². The van der Waals surface area contributed by atoms with Crippen molar-refractivity contribution in [3.63, 3.8) is 0 Å². The fraction of sp³-hybridized carbons (Fsp3) is 0.786. The van der Waals surface area contributed by atoms with Gasteiger partial charge >= 0.3 is 11.9 Å². The molecule has 0 aliphatic heterocycles. The first-order chi connectivity index (χ1) is 15.1. The van der Waals surface area contributed by atoms with E-state index in [4.69, 9.17) is 22.3 Å². The Morgan fingerprint density at radius 2 is 1.56 bits per heavy atom. The van der Waals surface area contributed by atoms with Gasteiger partial charge in [0.05, 0.1) is 0 Å². The van der Waals surface area contributed by atoms with Crippen molar-refractivity contribution >= 4 is 11.9 Å². The number of fused-ring (bicyclic) bond motifs is 5. The van der Waals surface area contributed by atoms with Crippen LogP contribution in [0.2, 0.25) is 0 Å². The van der Waals surface area contributed by atoms with E-state index in [0.29, 0.717) is 36.5 Å². The molecular weight excluding hydrogens is 400 g/mol. The van der Waals surface area contributed by atoms with Crippen molar-refractivity contribution in [1.82, 2.24) is 0 Å². The maximum Gasteiger partial charge on any atom is 0.307 e. The summed E-state index contributed by atoms with van der Waals surface area (Å²) < 4.78 is 11.9. The smallest absolute Gasteiger partial charge is 0.307 e. The van der Waals surface area contributed by atoms with Gasteiger partial charge < -0.3 is 9.47 Å². The molecule has 4 rings (SSSR count). The molecule has 8 atom stereocenters. The summed E-state index contributed by atoms with van der Waals surface area (Å²) in [6.45, 7) is 8.29. The highest BCUT2D eigenvalue weighted by molar-refractivity contribution is 5.70. The summed E-state index contributed by atoms with van der Waals surface area (Å²) in [6.07, 6.45) is 20.3. The van der Waals surface area contributed by atoms with Gasteiger partial charge in [-0.1, -0.05) is 39.5 Å². The number of hydrogen-bond donors (Lipinski definition) is 0. The van der Waals surface area contributed by atoms with Crippen LogP contribution in [0.25, 0.3) is 0 Å². The van der Waals surface area contributed by atoms with Crippen LogP contribution in [0.4, 0.5) is 0 Å². The molecule has 32 heavy (non-hydrogen) atoms. The molecule has 6 unspecified atom stereocenters. The largest absolute Gasteiger partial charge is 0.446 e. The predicted octanol–water partition coefficient (Wildman–Crippen LogP) is 5.29. The van der Waals surface area contributed by atoms with Crippen LogP contribution >= 0.6 is 0 Å². The molecule has 0 radical (unpaired) electrons. The van der Waals surface area contributed by atoms with Crippen LogP contribution < -0.4 is 0 Å². The lowest BCUT2D eigenvalue weighted by Gasteiger charge is -2.58. The van der Waals surface area contributed by atoms with E-state index in [9.17, 15) is 9.59 Å². The number of terminal acetylenes is 2. The third-order valence-corrected chi connectivity index (χ3v) is 10.1. The minimum atomic E-state index is -0.789. The average Bonchev–Trinajstić information content (AvgIpc) is 3.25. The lowest BCUT2D eigenvalue weighted by atomic mass is 9.47. The molecule has 0 spiro atoms. The van der Waals surface area contributed by atoms with Crippen LogP contribution in [-0.4, -0.2) is 23.1 Å². The molecule has 4 aliphatic rings. The SMILES string of the molecule is C#C[C@@]1(OC(=O)CC)CC2CCC3C(CCC4(C)C3CC[C@]4(C#C)OC(=O)CC)C2(C)C1. The standard InChI is InChI=1S/C28H38O4/c1-7-23(29)31-27(9-3)17-19-11-12-20-21(25(19,5)18-27)13-15-26(6)22(20)14-16-28(26,10-4)32-24(30)8-2/h3-4,19-22H,7-8,11-18H2,1-2,5-6H3/t19?,20?,21?,22?,25?,26?,27-,28+/m1/s1. The van der Waals surface area contributed by atoms with Gasteiger partial charge in [-0.05, 0) is 67.6 Å². The maximum atomic E-state index is 12.3. The van der Waals surface area contributed by atoms with Gasteiger partial charge in [-0.2, -0.15) is 0 Å². The number of rotatable bonds is 4. The Balaban J connectivity index is 1.62. The monoisotopic (exact) mass is 438 g/mol. The predicted molar refractivity (Wildman–Crippen MR) is 123 cm³/mol. The van der Waals surface area contributed by atoms with E-state index in [-0.39, 0.29) is 22.8 Å². The van der Waals surface area contributed by atoms with Crippen LogP contribution in [0.5, 0.6) is 0 Å². The zero-order valence-corrected chi connectivity index (χ0v) is 20.2. The summed E-state index contributed by atoms with van der Waals surface area (Å²) in [5, 5.41) is 0. The van der Waals surface area contributed by atoms with Crippen LogP contribution in [0.3, 0.4) is 0 Å². The van der Waals surface area contributed by atoms with Gasteiger partial charge in [0, 0.05) is 31.1 Å². The second-order valence-electron chi connectivity index (χ2n) is 11.3. The van der Waals surface area contributed by atoms with Gasteiger partial charge in [0.1, 0.15) is 0 Å². The van der Waals surface area contributed by atoms with E-state index in [1.807, 2.05) is 13.8 Å².